The first-order valence-electron chi connectivity index (χ1n) is 7.49. The van der Waals surface area contributed by atoms with E-state index in [1.54, 1.807) is 19.4 Å². The first-order chi connectivity index (χ1) is 11.1. The molecule has 2 aliphatic rings. The van der Waals surface area contributed by atoms with Crippen LogP contribution in [0.15, 0.2) is 36.0 Å². The summed E-state index contributed by atoms with van der Waals surface area (Å²) in [5.74, 6) is 0.936. The van der Waals surface area contributed by atoms with Crippen LogP contribution in [0.5, 0.6) is 5.75 Å². The SMILES string of the molecule is COC(=O)C1=CN(CC2CC2)NC(c2ccc(OC)c(Cl)c2)=C1. The van der Waals surface area contributed by atoms with Gasteiger partial charge in [-0.25, -0.2) is 4.79 Å². The molecule has 1 aliphatic carbocycles. The van der Waals surface area contributed by atoms with Crippen molar-refractivity contribution >= 4 is 23.3 Å². The molecular formula is C17H19ClN2O3. The maximum atomic E-state index is 11.9. The number of carbonyl (C=O) groups excluding carboxylic acids is 1. The molecule has 1 aromatic rings. The number of ether oxygens (including phenoxy) is 2. The van der Waals surface area contributed by atoms with Crippen LogP contribution in [0.3, 0.4) is 0 Å². The van der Waals surface area contributed by atoms with Crippen molar-refractivity contribution in [2.24, 2.45) is 5.92 Å². The average molecular weight is 335 g/mol. The molecule has 0 aromatic heterocycles. The van der Waals surface area contributed by atoms with Crippen LogP contribution in [0.25, 0.3) is 5.70 Å². The predicted molar refractivity (Wildman–Crippen MR) is 88.6 cm³/mol. The molecule has 0 spiro atoms. The van der Waals surface area contributed by atoms with Crippen molar-refractivity contribution in [1.29, 1.82) is 0 Å². The van der Waals surface area contributed by atoms with Crippen LogP contribution >= 0.6 is 11.6 Å². The Bertz CT molecular complexity index is 680. The highest BCUT2D eigenvalue weighted by Gasteiger charge is 2.26. The summed E-state index contributed by atoms with van der Waals surface area (Å²) in [4.78, 5) is 11.9. The van der Waals surface area contributed by atoms with Crippen LogP contribution in [-0.4, -0.2) is 31.7 Å². The van der Waals surface area contributed by atoms with Gasteiger partial charge in [-0.1, -0.05) is 11.6 Å². The number of carbonyl (C=O) groups is 1. The Morgan fingerprint density at radius 2 is 2.17 bits per heavy atom. The molecule has 23 heavy (non-hydrogen) atoms. The molecule has 0 atom stereocenters. The Hall–Kier alpha value is -2.14. The maximum absolute atomic E-state index is 11.9. The quantitative estimate of drug-likeness (QED) is 0.839. The molecule has 1 aliphatic heterocycles. The molecule has 1 fully saturated rings. The summed E-state index contributed by atoms with van der Waals surface area (Å²) in [7, 11) is 2.96. The minimum atomic E-state index is -0.357. The van der Waals surface area contributed by atoms with Crippen molar-refractivity contribution in [2.45, 2.75) is 12.8 Å². The highest BCUT2D eigenvalue weighted by molar-refractivity contribution is 6.32. The highest BCUT2D eigenvalue weighted by atomic mass is 35.5. The van der Waals surface area contributed by atoms with Gasteiger partial charge in [0, 0.05) is 18.3 Å². The van der Waals surface area contributed by atoms with Crippen LogP contribution in [0.2, 0.25) is 5.02 Å². The van der Waals surface area contributed by atoms with E-state index < -0.39 is 0 Å². The number of nitrogens with one attached hydrogen (secondary N) is 1. The predicted octanol–water partition coefficient (Wildman–Crippen LogP) is 2.98. The number of esters is 1. The number of rotatable bonds is 5. The first-order valence-corrected chi connectivity index (χ1v) is 7.87. The number of halogens is 1. The molecule has 0 saturated heterocycles. The molecular weight excluding hydrogens is 316 g/mol. The number of benzene rings is 1. The molecule has 1 aromatic carbocycles. The fourth-order valence-corrected chi connectivity index (χ4v) is 2.73. The van der Waals surface area contributed by atoms with Crippen molar-refractivity contribution in [1.82, 2.24) is 10.4 Å². The lowest BCUT2D eigenvalue weighted by Gasteiger charge is -2.29. The molecule has 1 N–H and O–H groups in total. The lowest BCUT2D eigenvalue weighted by atomic mass is 10.1. The molecule has 0 amide bonds. The molecule has 6 heteroatoms. The van der Waals surface area contributed by atoms with Crippen molar-refractivity contribution < 1.29 is 14.3 Å². The molecule has 122 valence electrons. The highest BCUT2D eigenvalue weighted by Crippen LogP contribution is 2.32. The van der Waals surface area contributed by atoms with Crippen molar-refractivity contribution in [2.75, 3.05) is 20.8 Å². The van der Waals surface area contributed by atoms with Gasteiger partial charge in [0.05, 0.1) is 30.5 Å². The third-order valence-corrected chi connectivity index (χ3v) is 4.19. The second-order valence-corrected chi connectivity index (χ2v) is 6.10. The zero-order valence-corrected chi connectivity index (χ0v) is 13.9. The number of hydrogen-bond acceptors (Lipinski definition) is 5. The van der Waals surface area contributed by atoms with E-state index in [0.717, 1.165) is 17.8 Å². The standard InChI is InChI=1S/C17H19ClN2O3/c1-22-16-6-5-12(7-14(16)18)15-8-13(17(21)23-2)10-20(19-15)9-11-3-4-11/h5-8,10-11,19H,3-4,9H2,1-2H3. The summed E-state index contributed by atoms with van der Waals surface area (Å²) >= 11 is 6.21. The van der Waals surface area contributed by atoms with Gasteiger partial charge < -0.3 is 9.47 Å². The summed E-state index contributed by atoms with van der Waals surface area (Å²) in [6.45, 7) is 0.863. The normalized spacial score (nSPS) is 17.1. The summed E-state index contributed by atoms with van der Waals surface area (Å²) in [5.41, 5.74) is 5.52. The summed E-state index contributed by atoms with van der Waals surface area (Å²) in [6, 6.07) is 5.52. The van der Waals surface area contributed by atoms with Gasteiger partial charge in [0.2, 0.25) is 0 Å². The molecule has 1 heterocycles. The van der Waals surface area contributed by atoms with Gasteiger partial charge in [0.25, 0.3) is 0 Å². The Labute approximate surface area is 140 Å². The van der Waals surface area contributed by atoms with Crippen molar-refractivity contribution in [3.8, 4) is 5.75 Å². The minimum Gasteiger partial charge on any atom is -0.495 e. The van der Waals surface area contributed by atoms with Gasteiger partial charge in [-0.15, -0.1) is 0 Å². The van der Waals surface area contributed by atoms with E-state index in [1.165, 1.54) is 20.0 Å². The second-order valence-electron chi connectivity index (χ2n) is 5.69. The van der Waals surface area contributed by atoms with Gasteiger partial charge in [0.15, 0.2) is 0 Å². The second kappa shape index (κ2) is 6.54. The maximum Gasteiger partial charge on any atom is 0.339 e. The summed E-state index contributed by atoms with van der Waals surface area (Å²) in [6.07, 6.45) is 6.02. The Kier molecular flexibility index (Phi) is 4.48. The Morgan fingerprint density at radius 1 is 1.39 bits per heavy atom. The molecule has 5 nitrogen and oxygen atoms in total. The van der Waals surface area contributed by atoms with Crippen molar-refractivity contribution in [3.05, 3.63) is 46.6 Å². The number of hydrogen-bond donors (Lipinski definition) is 1. The monoisotopic (exact) mass is 334 g/mol. The minimum absolute atomic E-state index is 0.357. The molecule has 1 saturated carbocycles. The zero-order valence-electron chi connectivity index (χ0n) is 13.1. The van der Waals surface area contributed by atoms with Gasteiger partial charge in [0.1, 0.15) is 5.75 Å². The van der Waals surface area contributed by atoms with E-state index in [9.17, 15) is 4.79 Å². The van der Waals surface area contributed by atoms with E-state index in [2.05, 4.69) is 5.43 Å². The number of nitrogens with zero attached hydrogens (tertiary/aromatic N) is 1. The molecule has 0 unspecified atom stereocenters. The lowest BCUT2D eigenvalue weighted by Crippen LogP contribution is -2.37. The van der Waals surface area contributed by atoms with Crippen LogP contribution in [0.1, 0.15) is 18.4 Å². The topological polar surface area (TPSA) is 50.8 Å². The van der Waals surface area contributed by atoms with Crippen LogP contribution in [-0.2, 0) is 9.53 Å². The molecule has 0 bridgehead atoms. The van der Waals surface area contributed by atoms with E-state index >= 15 is 0 Å². The van der Waals surface area contributed by atoms with Gasteiger partial charge >= 0.3 is 5.97 Å². The van der Waals surface area contributed by atoms with E-state index in [0.29, 0.717) is 22.3 Å². The fraction of sp³-hybridized carbons (Fsp3) is 0.353. The average Bonchev–Trinajstić information content (AvgIpc) is 3.37. The largest absolute Gasteiger partial charge is 0.495 e. The van der Waals surface area contributed by atoms with E-state index in [1.807, 2.05) is 23.2 Å². The smallest absolute Gasteiger partial charge is 0.339 e. The summed E-state index contributed by atoms with van der Waals surface area (Å²) < 4.78 is 10.0. The lowest BCUT2D eigenvalue weighted by molar-refractivity contribution is -0.135. The Morgan fingerprint density at radius 3 is 2.78 bits per heavy atom. The summed E-state index contributed by atoms with van der Waals surface area (Å²) in [5, 5.41) is 2.47. The third-order valence-electron chi connectivity index (χ3n) is 3.89. The van der Waals surface area contributed by atoms with Crippen LogP contribution in [0, 0.1) is 5.92 Å². The zero-order chi connectivity index (χ0) is 16.4. The molecule has 3 rings (SSSR count). The van der Waals surface area contributed by atoms with Gasteiger partial charge in [-0.05, 0) is 43.0 Å². The van der Waals surface area contributed by atoms with Crippen LogP contribution < -0.4 is 10.2 Å². The van der Waals surface area contributed by atoms with Gasteiger partial charge in [-0.2, -0.15) is 0 Å². The van der Waals surface area contributed by atoms with E-state index in [4.69, 9.17) is 21.1 Å². The number of hydrazine groups is 1. The van der Waals surface area contributed by atoms with Crippen LogP contribution in [0.4, 0.5) is 0 Å². The molecule has 0 radical (unpaired) electrons. The third kappa shape index (κ3) is 3.62. The Balaban J connectivity index is 1.89. The fourth-order valence-electron chi connectivity index (χ4n) is 2.47. The van der Waals surface area contributed by atoms with Gasteiger partial charge in [-0.3, -0.25) is 10.4 Å². The van der Waals surface area contributed by atoms with E-state index in [-0.39, 0.29) is 5.97 Å². The van der Waals surface area contributed by atoms with Crippen molar-refractivity contribution in [3.63, 3.8) is 0 Å². The first kappa shape index (κ1) is 15.7. The number of methoxy groups -OCH3 is 2.